The molecule has 0 saturated carbocycles. The predicted octanol–water partition coefficient (Wildman–Crippen LogP) is 1.20. The average molecular weight is 381 g/mol. The van der Waals surface area contributed by atoms with Gasteiger partial charge in [-0.3, -0.25) is 19.6 Å². The lowest BCUT2D eigenvalue weighted by atomic mass is 9.96. The van der Waals surface area contributed by atoms with Crippen LogP contribution in [-0.2, 0) is 22.4 Å². The molecule has 1 atom stereocenters. The number of benzene rings is 1. The molecule has 2 aliphatic rings. The summed E-state index contributed by atoms with van der Waals surface area (Å²) in [5, 5.41) is 7.71. The number of nitrogens with one attached hydrogen (secondary N) is 1. The van der Waals surface area contributed by atoms with Crippen molar-refractivity contribution in [1.82, 2.24) is 20.0 Å². The highest BCUT2D eigenvalue weighted by Crippen LogP contribution is 2.27. The fraction of sp³-hybridized carbons (Fsp3) is 0.476. The molecular formula is C21H27N5O2. The lowest BCUT2D eigenvalue weighted by Crippen LogP contribution is -2.47. The van der Waals surface area contributed by atoms with E-state index in [1.54, 1.807) is 0 Å². The average Bonchev–Trinajstić information content (AvgIpc) is 2.99. The zero-order valence-electron chi connectivity index (χ0n) is 16.1. The molecule has 2 amide bonds. The molecule has 3 heterocycles. The molecule has 0 radical (unpaired) electrons. The van der Waals surface area contributed by atoms with Crippen LogP contribution in [0.2, 0.25) is 0 Å². The lowest BCUT2D eigenvalue weighted by molar-refractivity contribution is -0.138. The van der Waals surface area contributed by atoms with Crippen molar-refractivity contribution in [2.24, 2.45) is 11.7 Å². The van der Waals surface area contributed by atoms with Gasteiger partial charge in [0.2, 0.25) is 11.8 Å². The molecule has 1 fully saturated rings. The number of aromatic amines is 1. The van der Waals surface area contributed by atoms with Crippen LogP contribution in [0.4, 0.5) is 0 Å². The van der Waals surface area contributed by atoms with Crippen LogP contribution in [0.15, 0.2) is 30.3 Å². The topological polar surface area (TPSA) is 95.3 Å². The van der Waals surface area contributed by atoms with E-state index in [1.807, 2.05) is 28.0 Å². The number of aromatic nitrogens is 2. The van der Waals surface area contributed by atoms with Gasteiger partial charge in [-0.2, -0.15) is 5.10 Å². The van der Waals surface area contributed by atoms with Crippen molar-refractivity contribution in [3.8, 4) is 11.3 Å². The third-order valence-electron chi connectivity index (χ3n) is 5.81. The van der Waals surface area contributed by atoms with Crippen molar-refractivity contribution in [1.29, 1.82) is 0 Å². The van der Waals surface area contributed by atoms with Crippen molar-refractivity contribution in [3.05, 3.63) is 41.6 Å². The Balaban J connectivity index is 1.43. The second-order valence-corrected chi connectivity index (χ2v) is 7.76. The molecule has 3 N–H and O–H groups in total. The zero-order valence-corrected chi connectivity index (χ0v) is 16.1. The molecule has 1 unspecified atom stereocenters. The molecule has 28 heavy (non-hydrogen) atoms. The highest BCUT2D eigenvalue weighted by Gasteiger charge is 2.31. The van der Waals surface area contributed by atoms with E-state index < -0.39 is 0 Å². The van der Waals surface area contributed by atoms with Crippen molar-refractivity contribution in [2.45, 2.75) is 25.7 Å². The standard InChI is InChI=1S/C21H27N5O2/c22-19(27)14-25-10-4-7-16(13-25)21(28)26-11-8-17-18(9-12-26)23-24-20(17)15-5-2-1-3-6-15/h1-3,5-6,16H,4,7-14H2,(H2,22,27)(H,23,24). The van der Waals surface area contributed by atoms with Crippen LogP contribution < -0.4 is 5.73 Å². The van der Waals surface area contributed by atoms with Gasteiger partial charge >= 0.3 is 0 Å². The number of carbonyl (C=O) groups excluding carboxylic acids is 2. The maximum absolute atomic E-state index is 13.1. The Labute approximate surface area is 164 Å². The van der Waals surface area contributed by atoms with Crippen LogP contribution in [0, 0.1) is 5.92 Å². The summed E-state index contributed by atoms with van der Waals surface area (Å²) in [5.41, 5.74) is 9.78. The van der Waals surface area contributed by atoms with Crippen LogP contribution in [0.25, 0.3) is 11.3 Å². The number of rotatable bonds is 4. The molecule has 2 aliphatic heterocycles. The van der Waals surface area contributed by atoms with Gasteiger partial charge in [-0.1, -0.05) is 30.3 Å². The van der Waals surface area contributed by atoms with Gasteiger partial charge in [0.15, 0.2) is 0 Å². The van der Waals surface area contributed by atoms with Crippen LogP contribution in [0.1, 0.15) is 24.1 Å². The fourth-order valence-corrected chi connectivity index (χ4v) is 4.42. The van der Waals surface area contributed by atoms with Gasteiger partial charge in [-0.25, -0.2) is 0 Å². The SMILES string of the molecule is NC(=O)CN1CCCC(C(=O)N2CCc3[nH]nc(-c4ccccc4)c3CC2)C1. The van der Waals surface area contributed by atoms with E-state index in [2.05, 4.69) is 22.3 Å². The van der Waals surface area contributed by atoms with Gasteiger partial charge in [0.25, 0.3) is 0 Å². The van der Waals surface area contributed by atoms with Gasteiger partial charge in [0.1, 0.15) is 0 Å². The van der Waals surface area contributed by atoms with E-state index in [1.165, 1.54) is 5.56 Å². The minimum atomic E-state index is -0.331. The predicted molar refractivity (Wildman–Crippen MR) is 106 cm³/mol. The maximum Gasteiger partial charge on any atom is 0.231 e. The normalized spacial score (nSPS) is 20.4. The highest BCUT2D eigenvalue weighted by molar-refractivity contribution is 5.80. The summed E-state index contributed by atoms with van der Waals surface area (Å²) in [7, 11) is 0. The number of primary amides is 1. The molecule has 1 aromatic heterocycles. The first-order valence-electron chi connectivity index (χ1n) is 10.0. The smallest absolute Gasteiger partial charge is 0.231 e. The number of likely N-dealkylation sites (tertiary alicyclic amines) is 1. The molecule has 0 aliphatic carbocycles. The minimum absolute atomic E-state index is 0.0451. The summed E-state index contributed by atoms with van der Waals surface area (Å²) in [6.07, 6.45) is 3.41. The van der Waals surface area contributed by atoms with Gasteiger partial charge in [0.05, 0.1) is 18.2 Å². The number of fused-ring (bicyclic) bond motifs is 1. The van der Waals surface area contributed by atoms with Crippen molar-refractivity contribution in [2.75, 3.05) is 32.7 Å². The van der Waals surface area contributed by atoms with E-state index in [0.717, 1.165) is 49.2 Å². The first-order valence-corrected chi connectivity index (χ1v) is 10.0. The number of hydrogen-bond acceptors (Lipinski definition) is 4. The molecule has 0 bridgehead atoms. The second kappa shape index (κ2) is 8.14. The maximum atomic E-state index is 13.1. The van der Waals surface area contributed by atoms with Crippen molar-refractivity contribution in [3.63, 3.8) is 0 Å². The third-order valence-corrected chi connectivity index (χ3v) is 5.81. The van der Waals surface area contributed by atoms with Crippen LogP contribution >= 0.6 is 0 Å². The Morgan fingerprint density at radius 2 is 1.93 bits per heavy atom. The summed E-state index contributed by atoms with van der Waals surface area (Å²) >= 11 is 0. The van der Waals surface area contributed by atoms with Gasteiger partial charge in [-0.15, -0.1) is 0 Å². The van der Waals surface area contributed by atoms with Crippen LogP contribution in [-0.4, -0.2) is 64.5 Å². The van der Waals surface area contributed by atoms with E-state index >= 15 is 0 Å². The van der Waals surface area contributed by atoms with E-state index in [0.29, 0.717) is 19.6 Å². The number of carbonyl (C=O) groups is 2. The number of H-pyrrole nitrogens is 1. The summed E-state index contributed by atoms with van der Waals surface area (Å²) < 4.78 is 0. The van der Waals surface area contributed by atoms with Crippen LogP contribution in [0.3, 0.4) is 0 Å². The van der Waals surface area contributed by atoms with E-state index in [4.69, 9.17) is 5.73 Å². The monoisotopic (exact) mass is 381 g/mol. The molecule has 1 aromatic carbocycles. The zero-order chi connectivity index (χ0) is 19.5. The Morgan fingerprint density at radius 1 is 1.14 bits per heavy atom. The summed E-state index contributed by atoms with van der Waals surface area (Å²) in [5.74, 6) is -0.174. The number of nitrogens with zero attached hydrogens (tertiary/aromatic N) is 3. The second-order valence-electron chi connectivity index (χ2n) is 7.76. The molecule has 0 spiro atoms. The lowest BCUT2D eigenvalue weighted by Gasteiger charge is -2.34. The van der Waals surface area contributed by atoms with Gasteiger partial charge in [-0.05, 0) is 25.8 Å². The summed E-state index contributed by atoms with van der Waals surface area (Å²) in [6, 6.07) is 10.2. The summed E-state index contributed by atoms with van der Waals surface area (Å²) in [4.78, 5) is 28.3. The first-order chi connectivity index (χ1) is 13.6. The highest BCUT2D eigenvalue weighted by atomic mass is 16.2. The van der Waals surface area contributed by atoms with E-state index in [9.17, 15) is 9.59 Å². The molecule has 7 heteroatoms. The van der Waals surface area contributed by atoms with Gasteiger partial charge in [0, 0.05) is 42.9 Å². The fourth-order valence-electron chi connectivity index (χ4n) is 4.42. The summed E-state index contributed by atoms with van der Waals surface area (Å²) in [6.45, 7) is 3.11. The van der Waals surface area contributed by atoms with Crippen LogP contribution in [0.5, 0.6) is 0 Å². The number of amides is 2. The first kappa shape index (κ1) is 18.7. The Hall–Kier alpha value is -2.67. The Kier molecular flexibility index (Phi) is 5.43. The van der Waals surface area contributed by atoms with Crippen molar-refractivity contribution >= 4 is 11.8 Å². The molecule has 148 valence electrons. The number of piperidine rings is 1. The largest absolute Gasteiger partial charge is 0.369 e. The quantitative estimate of drug-likeness (QED) is 0.832. The molecule has 2 aromatic rings. The Bertz CT molecular complexity index is 848. The minimum Gasteiger partial charge on any atom is -0.369 e. The molecule has 1 saturated heterocycles. The van der Waals surface area contributed by atoms with Gasteiger partial charge < -0.3 is 10.6 Å². The van der Waals surface area contributed by atoms with E-state index in [-0.39, 0.29) is 24.3 Å². The number of nitrogens with two attached hydrogens (primary N) is 1. The third kappa shape index (κ3) is 3.94. The molecular weight excluding hydrogens is 354 g/mol. The molecule has 7 nitrogen and oxygen atoms in total. The Morgan fingerprint density at radius 3 is 2.71 bits per heavy atom. The molecule has 4 rings (SSSR count). The number of hydrogen-bond donors (Lipinski definition) is 2. The van der Waals surface area contributed by atoms with Crippen molar-refractivity contribution < 1.29 is 9.59 Å².